The number of amides is 1. The predicted molar refractivity (Wildman–Crippen MR) is 72.6 cm³/mol. The minimum Gasteiger partial charge on any atom is -0.330 e. The Hall–Kier alpha value is -2.21. The van der Waals surface area contributed by atoms with E-state index >= 15 is 0 Å². The molecule has 1 amide bonds. The SMILES string of the molecule is CN(C(=O)Cn1cc(CCN)nn1)c1ccccc1. The number of para-hydroxylation sites is 1. The van der Waals surface area contributed by atoms with Crippen molar-refractivity contribution in [2.24, 2.45) is 5.73 Å². The van der Waals surface area contributed by atoms with Crippen molar-refractivity contribution in [1.29, 1.82) is 0 Å². The van der Waals surface area contributed by atoms with Crippen LogP contribution >= 0.6 is 0 Å². The summed E-state index contributed by atoms with van der Waals surface area (Å²) in [5, 5.41) is 7.87. The van der Waals surface area contributed by atoms with Crippen LogP contribution in [-0.2, 0) is 17.8 Å². The molecule has 0 aliphatic rings. The fourth-order valence-electron chi connectivity index (χ4n) is 1.72. The van der Waals surface area contributed by atoms with Gasteiger partial charge in [0.25, 0.3) is 0 Å². The van der Waals surface area contributed by atoms with Crippen LogP contribution in [0.1, 0.15) is 5.69 Å². The summed E-state index contributed by atoms with van der Waals surface area (Å²) in [4.78, 5) is 13.7. The zero-order valence-electron chi connectivity index (χ0n) is 10.9. The fraction of sp³-hybridized carbons (Fsp3) is 0.308. The van der Waals surface area contributed by atoms with Crippen LogP contribution in [0.4, 0.5) is 5.69 Å². The summed E-state index contributed by atoms with van der Waals surface area (Å²) in [6.45, 7) is 0.694. The summed E-state index contributed by atoms with van der Waals surface area (Å²) in [6.07, 6.45) is 2.42. The molecule has 2 aromatic rings. The standard InChI is InChI=1S/C13H17N5O/c1-17(12-5-3-2-4-6-12)13(19)10-18-9-11(7-8-14)15-16-18/h2-6,9H,7-8,10,14H2,1H3. The molecule has 0 fully saturated rings. The monoisotopic (exact) mass is 259 g/mol. The quantitative estimate of drug-likeness (QED) is 0.845. The van der Waals surface area contributed by atoms with Crippen molar-refractivity contribution in [3.8, 4) is 0 Å². The van der Waals surface area contributed by atoms with E-state index in [-0.39, 0.29) is 12.5 Å². The molecule has 1 aromatic carbocycles. The van der Waals surface area contributed by atoms with Gasteiger partial charge in [-0.05, 0) is 18.7 Å². The van der Waals surface area contributed by atoms with Gasteiger partial charge in [-0.1, -0.05) is 23.4 Å². The number of aromatic nitrogens is 3. The van der Waals surface area contributed by atoms with Crippen LogP contribution in [0.2, 0.25) is 0 Å². The molecule has 6 heteroatoms. The number of hydrogen-bond donors (Lipinski definition) is 1. The summed E-state index contributed by atoms with van der Waals surface area (Å²) in [7, 11) is 1.75. The van der Waals surface area contributed by atoms with Crippen molar-refractivity contribution >= 4 is 11.6 Å². The van der Waals surface area contributed by atoms with Crippen LogP contribution < -0.4 is 10.6 Å². The van der Waals surface area contributed by atoms with Gasteiger partial charge in [-0.3, -0.25) is 4.79 Å². The van der Waals surface area contributed by atoms with Gasteiger partial charge in [0.15, 0.2) is 0 Å². The summed E-state index contributed by atoms with van der Waals surface area (Å²) in [6, 6.07) is 9.48. The molecule has 0 spiro atoms. The molecule has 0 saturated heterocycles. The van der Waals surface area contributed by atoms with E-state index in [4.69, 9.17) is 5.73 Å². The van der Waals surface area contributed by atoms with Gasteiger partial charge < -0.3 is 10.6 Å². The Morgan fingerprint density at radius 1 is 1.37 bits per heavy atom. The van der Waals surface area contributed by atoms with E-state index in [1.165, 1.54) is 4.68 Å². The van der Waals surface area contributed by atoms with E-state index in [0.717, 1.165) is 11.4 Å². The van der Waals surface area contributed by atoms with Crippen LogP contribution in [0.25, 0.3) is 0 Å². The summed E-state index contributed by atoms with van der Waals surface area (Å²) >= 11 is 0. The third-order valence-electron chi connectivity index (χ3n) is 2.80. The lowest BCUT2D eigenvalue weighted by Gasteiger charge is -2.16. The smallest absolute Gasteiger partial charge is 0.248 e. The second-order valence-corrected chi connectivity index (χ2v) is 4.23. The van der Waals surface area contributed by atoms with E-state index in [9.17, 15) is 4.79 Å². The molecular weight excluding hydrogens is 242 g/mol. The Morgan fingerprint density at radius 2 is 2.11 bits per heavy atom. The molecular formula is C13H17N5O. The van der Waals surface area contributed by atoms with E-state index in [1.807, 2.05) is 30.3 Å². The maximum Gasteiger partial charge on any atom is 0.248 e. The first-order valence-corrected chi connectivity index (χ1v) is 6.11. The average molecular weight is 259 g/mol. The van der Waals surface area contributed by atoms with Crippen molar-refractivity contribution in [3.63, 3.8) is 0 Å². The molecule has 6 nitrogen and oxygen atoms in total. The van der Waals surface area contributed by atoms with Gasteiger partial charge in [0.05, 0.1) is 5.69 Å². The predicted octanol–water partition coefficient (Wildman–Crippen LogP) is 0.442. The fourth-order valence-corrected chi connectivity index (χ4v) is 1.72. The first kappa shape index (κ1) is 13.2. The number of hydrogen-bond acceptors (Lipinski definition) is 4. The number of carbonyl (C=O) groups excluding carboxylic acids is 1. The highest BCUT2D eigenvalue weighted by Gasteiger charge is 2.12. The minimum absolute atomic E-state index is 0.0459. The number of nitrogens with zero attached hydrogens (tertiary/aromatic N) is 4. The Morgan fingerprint density at radius 3 is 2.79 bits per heavy atom. The van der Waals surface area contributed by atoms with E-state index < -0.39 is 0 Å². The topological polar surface area (TPSA) is 77.0 Å². The van der Waals surface area contributed by atoms with Gasteiger partial charge in [0.2, 0.25) is 5.91 Å². The van der Waals surface area contributed by atoms with E-state index in [2.05, 4.69) is 10.3 Å². The molecule has 2 N–H and O–H groups in total. The number of anilines is 1. The number of carbonyl (C=O) groups is 1. The average Bonchev–Trinajstić information content (AvgIpc) is 2.86. The van der Waals surface area contributed by atoms with Crippen LogP contribution in [0.15, 0.2) is 36.5 Å². The highest BCUT2D eigenvalue weighted by Crippen LogP contribution is 2.11. The van der Waals surface area contributed by atoms with Crippen molar-refractivity contribution in [3.05, 3.63) is 42.2 Å². The Kier molecular flexibility index (Phi) is 4.25. The number of rotatable bonds is 5. The Labute approximate surface area is 111 Å². The van der Waals surface area contributed by atoms with E-state index in [1.54, 1.807) is 18.1 Å². The van der Waals surface area contributed by atoms with Gasteiger partial charge in [-0.2, -0.15) is 0 Å². The first-order valence-electron chi connectivity index (χ1n) is 6.11. The molecule has 0 radical (unpaired) electrons. The molecule has 0 atom stereocenters. The molecule has 19 heavy (non-hydrogen) atoms. The second kappa shape index (κ2) is 6.10. The number of benzene rings is 1. The Balaban J connectivity index is 2.00. The Bertz CT molecular complexity index is 537. The number of nitrogens with two attached hydrogens (primary N) is 1. The molecule has 1 aromatic heterocycles. The molecule has 0 saturated carbocycles. The third-order valence-corrected chi connectivity index (χ3v) is 2.80. The lowest BCUT2D eigenvalue weighted by Crippen LogP contribution is -2.30. The molecule has 0 aliphatic carbocycles. The molecule has 0 bridgehead atoms. The molecule has 100 valence electrons. The zero-order valence-corrected chi connectivity index (χ0v) is 10.9. The maximum atomic E-state index is 12.1. The molecule has 0 unspecified atom stereocenters. The van der Waals surface area contributed by atoms with Gasteiger partial charge in [0.1, 0.15) is 6.54 Å². The highest BCUT2D eigenvalue weighted by molar-refractivity contribution is 5.92. The van der Waals surface area contributed by atoms with Crippen molar-refractivity contribution in [1.82, 2.24) is 15.0 Å². The summed E-state index contributed by atoms with van der Waals surface area (Å²) in [5.74, 6) is -0.0459. The number of likely N-dealkylation sites (N-methyl/N-ethyl adjacent to an activating group) is 1. The van der Waals surface area contributed by atoms with Crippen molar-refractivity contribution in [2.75, 3.05) is 18.5 Å². The lowest BCUT2D eigenvalue weighted by atomic mass is 10.3. The highest BCUT2D eigenvalue weighted by atomic mass is 16.2. The molecule has 1 heterocycles. The van der Waals surface area contributed by atoms with Gasteiger partial charge in [-0.25, -0.2) is 4.68 Å². The van der Waals surface area contributed by atoms with Crippen LogP contribution in [0.3, 0.4) is 0 Å². The zero-order chi connectivity index (χ0) is 13.7. The lowest BCUT2D eigenvalue weighted by molar-refractivity contribution is -0.119. The second-order valence-electron chi connectivity index (χ2n) is 4.23. The summed E-state index contributed by atoms with van der Waals surface area (Å²) < 4.78 is 1.53. The first-order chi connectivity index (χ1) is 9.20. The largest absolute Gasteiger partial charge is 0.330 e. The molecule has 0 aliphatic heterocycles. The molecule has 2 rings (SSSR count). The maximum absolute atomic E-state index is 12.1. The third kappa shape index (κ3) is 3.38. The van der Waals surface area contributed by atoms with Crippen LogP contribution in [-0.4, -0.2) is 34.5 Å². The normalized spacial score (nSPS) is 10.4. The van der Waals surface area contributed by atoms with Crippen LogP contribution in [0.5, 0.6) is 0 Å². The van der Waals surface area contributed by atoms with Crippen LogP contribution in [0, 0.1) is 0 Å². The van der Waals surface area contributed by atoms with Crippen molar-refractivity contribution in [2.45, 2.75) is 13.0 Å². The van der Waals surface area contributed by atoms with Gasteiger partial charge >= 0.3 is 0 Å². The minimum atomic E-state index is -0.0459. The van der Waals surface area contributed by atoms with Gasteiger partial charge in [-0.15, -0.1) is 5.10 Å². The van der Waals surface area contributed by atoms with Crippen molar-refractivity contribution < 1.29 is 4.79 Å². The van der Waals surface area contributed by atoms with E-state index in [0.29, 0.717) is 13.0 Å². The van der Waals surface area contributed by atoms with Gasteiger partial charge in [0, 0.05) is 25.4 Å². The summed E-state index contributed by atoms with van der Waals surface area (Å²) in [5.41, 5.74) is 7.10.